The summed E-state index contributed by atoms with van der Waals surface area (Å²) in [5, 5.41) is 0. The maximum atomic E-state index is 10.7. The lowest BCUT2D eigenvalue weighted by molar-refractivity contribution is -0.137. The third kappa shape index (κ3) is 4.52. The van der Waals surface area contributed by atoms with Crippen LogP contribution in [0.2, 0.25) is 0 Å². The lowest BCUT2D eigenvalue weighted by atomic mass is 9.87. The van der Waals surface area contributed by atoms with Gasteiger partial charge in [0.25, 0.3) is 6.47 Å². The van der Waals surface area contributed by atoms with Crippen molar-refractivity contribution >= 4 is 6.47 Å². The molecule has 0 aliphatic carbocycles. The highest BCUT2D eigenvalue weighted by Gasteiger charge is 2.23. The molecule has 0 fully saturated rings. The van der Waals surface area contributed by atoms with Crippen LogP contribution in [0.25, 0.3) is 0 Å². The predicted octanol–water partition coefficient (Wildman–Crippen LogP) is 4.51. The minimum atomic E-state index is -0.0878. The average molecular weight is 248 g/mol. The molecule has 0 saturated heterocycles. The highest BCUT2D eigenvalue weighted by Crippen LogP contribution is 2.32. The van der Waals surface area contributed by atoms with Gasteiger partial charge in [-0.3, -0.25) is 4.79 Å². The largest absolute Gasteiger partial charge is 0.459 e. The number of ether oxygens (including phenoxy) is 1. The molecule has 0 N–H and O–H groups in total. The van der Waals surface area contributed by atoms with E-state index in [1.165, 1.54) is 12.8 Å². The van der Waals surface area contributed by atoms with Crippen LogP contribution in [0.4, 0.5) is 0 Å². The molecule has 2 atom stereocenters. The quantitative estimate of drug-likeness (QED) is 0.601. The van der Waals surface area contributed by atoms with Crippen molar-refractivity contribution in [1.82, 2.24) is 0 Å². The Balaban J connectivity index is 2.81. The molecule has 1 aromatic carbocycles. The zero-order valence-corrected chi connectivity index (χ0v) is 11.5. The van der Waals surface area contributed by atoms with Crippen molar-refractivity contribution in [3.63, 3.8) is 0 Å². The molecule has 0 bridgehead atoms. The van der Waals surface area contributed by atoms with Gasteiger partial charge in [-0.2, -0.15) is 0 Å². The Labute approximate surface area is 110 Å². The number of hydrogen-bond acceptors (Lipinski definition) is 2. The maximum Gasteiger partial charge on any atom is 0.293 e. The van der Waals surface area contributed by atoms with Crippen LogP contribution in [0.3, 0.4) is 0 Å². The second-order valence-electron chi connectivity index (χ2n) is 4.75. The van der Waals surface area contributed by atoms with E-state index in [1.54, 1.807) is 0 Å². The number of benzene rings is 1. The second-order valence-corrected chi connectivity index (χ2v) is 4.75. The van der Waals surface area contributed by atoms with Gasteiger partial charge in [0, 0.05) is 5.92 Å². The Morgan fingerprint density at radius 3 is 2.39 bits per heavy atom. The molecule has 0 aliphatic heterocycles. The zero-order valence-electron chi connectivity index (χ0n) is 11.5. The summed E-state index contributed by atoms with van der Waals surface area (Å²) < 4.78 is 5.36. The minimum absolute atomic E-state index is 0.0878. The lowest BCUT2D eigenvalue weighted by Crippen LogP contribution is -2.16. The molecule has 100 valence electrons. The van der Waals surface area contributed by atoms with Gasteiger partial charge in [0.1, 0.15) is 6.10 Å². The minimum Gasteiger partial charge on any atom is -0.459 e. The van der Waals surface area contributed by atoms with E-state index in [1.807, 2.05) is 30.3 Å². The molecule has 0 saturated carbocycles. The van der Waals surface area contributed by atoms with E-state index < -0.39 is 0 Å². The fourth-order valence-electron chi connectivity index (χ4n) is 2.45. The summed E-state index contributed by atoms with van der Waals surface area (Å²) in [4.78, 5) is 10.7. The van der Waals surface area contributed by atoms with Crippen molar-refractivity contribution in [2.24, 2.45) is 5.92 Å². The summed E-state index contributed by atoms with van der Waals surface area (Å²) >= 11 is 0. The molecule has 0 heterocycles. The molecular formula is C16H24O2. The van der Waals surface area contributed by atoms with Crippen LogP contribution in [-0.4, -0.2) is 6.47 Å². The fourth-order valence-corrected chi connectivity index (χ4v) is 2.45. The van der Waals surface area contributed by atoms with Gasteiger partial charge in [0.05, 0.1) is 0 Å². The zero-order chi connectivity index (χ0) is 13.2. The number of carbonyl (C=O) groups is 1. The summed E-state index contributed by atoms with van der Waals surface area (Å²) in [6.45, 7) is 4.97. The standard InChI is InChI=1S/C16H24O2/c1-3-5-10-14(9-4-2)16(18-13-17)15-11-7-6-8-12-15/h6-8,11-14,16H,3-5,9-10H2,1-2H3. The van der Waals surface area contributed by atoms with Crippen molar-refractivity contribution < 1.29 is 9.53 Å². The molecule has 0 radical (unpaired) electrons. The second kappa shape index (κ2) is 8.73. The molecule has 0 spiro atoms. The van der Waals surface area contributed by atoms with Gasteiger partial charge in [0.15, 0.2) is 0 Å². The van der Waals surface area contributed by atoms with Crippen molar-refractivity contribution in [1.29, 1.82) is 0 Å². The van der Waals surface area contributed by atoms with Gasteiger partial charge in [-0.05, 0) is 18.4 Å². The molecule has 1 rings (SSSR count). The first-order valence-electron chi connectivity index (χ1n) is 6.97. The van der Waals surface area contributed by atoms with Crippen LogP contribution in [0.15, 0.2) is 30.3 Å². The highest BCUT2D eigenvalue weighted by atomic mass is 16.5. The van der Waals surface area contributed by atoms with Gasteiger partial charge < -0.3 is 4.74 Å². The fraction of sp³-hybridized carbons (Fsp3) is 0.562. The van der Waals surface area contributed by atoms with Gasteiger partial charge in [0.2, 0.25) is 0 Å². The van der Waals surface area contributed by atoms with Crippen molar-refractivity contribution in [3.05, 3.63) is 35.9 Å². The smallest absolute Gasteiger partial charge is 0.293 e. The maximum absolute atomic E-state index is 10.7. The summed E-state index contributed by atoms with van der Waals surface area (Å²) in [7, 11) is 0. The van der Waals surface area contributed by atoms with Crippen LogP contribution in [-0.2, 0) is 9.53 Å². The Bertz CT molecular complexity index is 321. The summed E-state index contributed by atoms with van der Waals surface area (Å²) in [5.41, 5.74) is 1.11. The lowest BCUT2D eigenvalue weighted by Gasteiger charge is -2.25. The molecule has 1 aromatic rings. The van der Waals surface area contributed by atoms with Crippen LogP contribution >= 0.6 is 0 Å². The normalized spacial score (nSPS) is 13.9. The van der Waals surface area contributed by atoms with Crippen molar-refractivity contribution in [2.75, 3.05) is 0 Å². The molecule has 0 amide bonds. The Morgan fingerprint density at radius 1 is 1.11 bits per heavy atom. The molecule has 0 aliphatic rings. The van der Waals surface area contributed by atoms with E-state index in [9.17, 15) is 4.79 Å². The Morgan fingerprint density at radius 2 is 1.83 bits per heavy atom. The van der Waals surface area contributed by atoms with Crippen LogP contribution < -0.4 is 0 Å². The topological polar surface area (TPSA) is 26.3 Å². The number of unbranched alkanes of at least 4 members (excludes halogenated alkanes) is 1. The molecule has 2 nitrogen and oxygen atoms in total. The number of rotatable bonds is 9. The van der Waals surface area contributed by atoms with Crippen molar-refractivity contribution in [2.45, 2.75) is 52.1 Å². The Hall–Kier alpha value is -1.31. The van der Waals surface area contributed by atoms with E-state index in [4.69, 9.17) is 4.74 Å². The molecule has 0 aromatic heterocycles. The molecular weight excluding hydrogens is 224 g/mol. The molecule has 2 unspecified atom stereocenters. The number of carbonyl (C=O) groups excluding carboxylic acids is 1. The molecule has 18 heavy (non-hydrogen) atoms. The summed E-state index contributed by atoms with van der Waals surface area (Å²) in [6, 6.07) is 10.1. The number of hydrogen-bond donors (Lipinski definition) is 0. The van der Waals surface area contributed by atoms with E-state index in [0.29, 0.717) is 12.4 Å². The van der Waals surface area contributed by atoms with Gasteiger partial charge in [-0.1, -0.05) is 63.4 Å². The third-order valence-electron chi connectivity index (χ3n) is 3.35. The first-order chi connectivity index (χ1) is 8.83. The first kappa shape index (κ1) is 14.7. The highest BCUT2D eigenvalue weighted by molar-refractivity contribution is 5.38. The van der Waals surface area contributed by atoms with Crippen LogP contribution in [0.1, 0.15) is 57.6 Å². The van der Waals surface area contributed by atoms with Gasteiger partial charge in [-0.15, -0.1) is 0 Å². The van der Waals surface area contributed by atoms with Crippen LogP contribution in [0, 0.1) is 5.92 Å². The monoisotopic (exact) mass is 248 g/mol. The van der Waals surface area contributed by atoms with Gasteiger partial charge >= 0.3 is 0 Å². The van der Waals surface area contributed by atoms with E-state index in [-0.39, 0.29) is 6.10 Å². The van der Waals surface area contributed by atoms with Gasteiger partial charge in [-0.25, -0.2) is 0 Å². The Kier molecular flexibility index (Phi) is 7.16. The summed E-state index contributed by atoms with van der Waals surface area (Å²) in [5.74, 6) is 0.433. The first-order valence-corrected chi connectivity index (χ1v) is 6.97. The predicted molar refractivity (Wildman–Crippen MR) is 74.3 cm³/mol. The third-order valence-corrected chi connectivity index (χ3v) is 3.35. The van der Waals surface area contributed by atoms with E-state index in [2.05, 4.69) is 13.8 Å². The van der Waals surface area contributed by atoms with Crippen LogP contribution in [0.5, 0.6) is 0 Å². The average Bonchev–Trinajstić information content (AvgIpc) is 2.42. The molecule has 2 heteroatoms. The van der Waals surface area contributed by atoms with Crippen molar-refractivity contribution in [3.8, 4) is 0 Å². The van der Waals surface area contributed by atoms with E-state index in [0.717, 1.165) is 24.8 Å². The van der Waals surface area contributed by atoms with E-state index >= 15 is 0 Å². The summed E-state index contributed by atoms with van der Waals surface area (Å²) in [6.07, 6.45) is 5.64. The SMILES string of the molecule is CCCCC(CCC)C(OC=O)c1ccccc1.